The van der Waals surface area contributed by atoms with Crippen molar-refractivity contribution >= 4 is 38.5 Å². The van der Waals surface area contributed by atoms with Gasteiger partial charge in [0.15, 0.2) is 5.76 Å². The number of benzene rings is 2. The molecule has 2 aromatic carbocycles. The van der Waals surface area contributed by atoms with Crippen molar-refractivity contribution in [1.29, 1.82) is 0 Å². The van der Waals surface area contributed by atoms with Gasteiger partial charge in [0, 0.05) is 9.86 Å². The predicted molar refractivity (Wildman–Crippen MR) is 80.0 cm³/mol. The van der Waals surface area contributed by atoms with Crippen molar-refractivity contribution in [3.63, 3.8) is 0 Å². The highest BCUT2D eigenvalue weighted by molar-refractivity contribution is 9.10. The predicted octanol–water partition coefficient (Wildman–Crippen LogP) is 4.15. The molecule has 4 nitrogen and oxygen atoms in total. The number of para-hydroxylation sites is 2. The van der Waals surface area contributed by atoms with Crippen LogP contribution in [-0.2, 0) is 0 Å². The van der Waals surface area contributed by atoms with Gasteiger partial charge in [0.25, 0.3) is 5.91 Å². The molecule has 3 aromatic rings. The molecule has 20 heavy (non-hydrogen) atoms. The Balaban J connectivity index is 1.93. The number of halogens is 1. The number of anilines is 1. The van der Waals surface area contributed by atoms with Gasteiger partial charge >= 0.3 is 0 Å². The van der Waals surface area contributed by atoms with Crippen LogP contribution in [0.15, 0.2) is 57.4 Å². The minimum Gasteiger partial charge on any atom is -0.506 e. The Bertz CT molecular complexity index is 795. The molecule has 0 aliphatic carbocycles. The molecule has 100 valence electrons. The van der Waals surface area contributed by atoms with Crippen LogP contribution in [0, 0.1) is 0 Å². The summed E-state index contributed by atoms with van der Waals surface area (Å²) in [5.41, 5.74) is 0.971. The summed E-state index contributed by atoms with van der Waals surface area (Å²) in [4.78, 5) is 12.1. The third kappa shape index (κ3) is 2.28. The number of nitrogens with one attached hydrogen (secondary N) is 1. The molecule has 0 saturated carbocycles. The Kier molecular flexibility index (Phi) is 3.20. The first kappa shape index (κ1) is 12.7. The third-order valence-electron chi connectivity index (χ3n) is 2.88. The number of furan rings is 1. The zero-order valence-electron chi connectivity index (χ0n) is 10.3. The van der Waals surface area contributed by atoms with Gasteiger partial charge in [-0.15, -0.1) is 0 Å². The first-order valence-electron chi connectivity index (χ1n) is 5.92. The molecule has 0 bridgehead atoms. The van der Waals surface area contributed by atoms with Gasteiger partial charge < -0.3 is 14.8 Å². The lowest BCUT2D eigenvalue weighted by molar-refractivity contribution is 0.0998. The van der Waals surface area contributed by atoms with Gasteiger partial charge in [-0.2, -0.15) is 0 Å². The van der Waals surface area contributed by atoms with Crippen molar-refractivity contribution in [2.24, 2.45) is 0 Å². The van der Waals surface area contributed by atoms with Crippen LogP contribution in [0.25, 0.3) is 11.0 Å². The maximum Gasteiger partial charge on any atom is 0.291 e. The minimum absolute atomic E-state index is 0.0122. The molecular weight excluding hydrogens is 322 g/mol. The summed E-state index contributed by atoms with van der Waals surface area (Å²) in [6.07, 6.45) is 0. The van der Waals surface area contributed by atoms with E-state index in [2.05, 4.69) is 21.2 Å². The first-order chi connectivity index (χ1) is 9.65. The number of hydrogen-bond donors (Lipinski definition) is 2. The first-order valence-corrected chi connectivity index (χ1v) is 6.72. The third-order valence-corrected chi connectivity index (χ3v) is 3.58. The van der Waals surface area contributed by atoms with Gasteiger partial charge in [-0.1, -0.05) is 34.1 Å². The summed E-state index contributed by atoms with van der Waals surface area (Å²) in [6.45, 7) is 0. The van der Waals surface area contributed by atoms with Gasteiger partial charge in [-0.3, -0.25) is 4.79 Å². The lowest BCUT2D eigenvalue weighted by Crippen LogP contribution is -2.10. The zero-order valence-corrected chi connectivity index (χ0v) is 11.8. The number of carbonyl (C=O) groups is 1. The van der Waals surface area contributed by atoms with Crippen molar-refractivity contribution < 1.29 is 14.3 Å². The maximum absolute atomic E-state index is 12.1. The fraction of sp³-hybridized carbons (Fsp3) is 0. The Morgan fingerprint density at radius 2 is 1.95 bits per heavy atom. The van der Waals surface area contributed by atoms with Crippen molar-refractivity contribution in [3.05, 3.63) is 58.8 Å². The normalized spacial score (nSPS) is 10.7. The number of phenolic OH excluding ortho intramolecular Hbond substituents is 1. The van der Waals surface area contributed by atoms with Crippen molar-refractivity contribution in [2.45, 2.75) is 0 Å². The summed E-state index contributed by atoms with van der Waals surface area (Å²) in [7, 11) is 0. The molecule has 2 N–H and O–H groups in total. The van der Waals surface area contributed by atoms with E-state index in [1.807, 2.05) is 12.1 Å². The Hall–Kier alpha value is -2.27. The van der Waals surface area contributed by atoms with Gasteiger partial charge in [-0.25, -0.2) is 0 Å². The highest BCUT2D eigenvalue weighted by atomic mass is 79.9. The number of aromatic hydroxyl groups is 1. The lowest BCUT2D eigenvalue weighted by Gasteiger charge is -2.04. The molecule has 0 fully saturated rings. The summed E-state index contributed by atoms with van der Waals surface area (Å²) >= 11 is 3.41. The molecule has 0 spiro atoms. The van der Waals surface area contributed by atoms with Crippen LogP contribution in [0.2, 0.25) is 0 Å². The van der Waals surface area contributed by atoms with Gasteiger partial charge in [-0.05, 0) is 30.3 Å². The second-order valence-electron chi connectivity index (χ2n) is 4.23. The smallest absolute Gasteiger partial charge is 0.291 e. The van der Waals surface area contributed by atoms with E-state index in [-0.39, 0.29) is 11.5 Å². The molecule has 0 aliphatic rings. The highest BCUT2D eigenvalue weighted by Gasteiger charge is 2.14. The van der Waals surface area contributed by atoms with E-state index in [0.717, 1.165) is 9.86 Å². The van der Waals surface area contributed by atoms with Gasteiger partial charge in [0.05, 0.1) is 5.69 Å². The molecule has 0 saturated heterocycles. The second-order valence-corrected chi connectivity index (χ2v) is 5.09. The maximum atomic E-state index is 12.1. The van der Waals surface area contributed by atoms with E-state index in [0.29, 0.717) is 11.3 Å². The molecule has 1 aromatic heterocycles. The quantitative estimate of drug-likeness (QED) is 0.693. The number of amides is 1. The van der Waals surface area contributed by atoms with Crippen LogP contribution in [0.5, 0.6) is 5.75 Å². The van der Waals surface area contributed by atoms with Crippen LogP contribution in [0.3, 0.4) is 0 Å². The summed E-state index contributed by atoms with van der Waals surface area (Å²) in [5.74, 6) is -0.206. The van der Waals surface area contributed by atoms with Crippen LogP contribution in [0.4, 0.5) is 5.69 Å². The number of carbonyl (C=O) groups excluding carboxylic acids is 1. The van der Waals surface area contributed by atoms with Crippen LogP contribution in [-0.4, -0.2) is 11.0 Å². The van der Waals surface area contributed by atoms with Crippen molar-refractivity contribution in [1.82, 2.24) is 0 Å². The summed E-state index contributed by atoms with van der Waals surface area (Å²) < 4.78 is 6.36. The lowest BCUT2D eigenvalue weighted by atomic mass is 10.2. The van der Waals surface area contributed by atoms with E-state index in [9.17, 15) is 9.90 Å². The van der Waals surface area contributed by atoms with Crippen LogP contribution < -0.4 is 5.32 Å². The monoisotopic (exact) mass is 331 g/mol. The minimum atomic E-state index is -0.408. The average molecular weight is 332 g/mol. The molecule has 0 aliphatic heterocycles. The largest absolute Gasteiger partial charge is 0.506 e. The van der Waals surface area contributed by atoms with Crippen molar-refractivity contribution in [2.75, 3.05) is 5.32 Å². The van der Waals surface area contributed by atoms with E-state index in [1.165, 1.54) is 6.07 Å². The molecular formula is C15H10BrNO3. The highest BCUT2D eigenvalue weighted by Crippen LogP contribution is 2.28. The number of hydrogen-bond acceptors (Lipinski definition) is 3. The SMILES string of the molecule is O=C(Nc1ccccc1O)c1cc2c(Br)cccc2o1. The Morgan fingerprint density at radius 1 is 1.15 bits per heavy atom. The summed E-state index contributed by atoms with van der Waals surface area (Å²) in [6, 6.07) is 13.7. The van der Waals surface area contributed by atoms with E-state index in [1.54, 1.807) is 30.3 Å². The van der Waals surface area contributed by atoms with Crippen molar-refractivity contribution in [3.8, 4) is 5.75 Å². The fourth-order valence-electron chi connectivity index (χ4n) is 1.90. The number of phenols is 1. The van der Waals surface area contributed by atoms with E-state index < -0.39 is 5.91 Å². The fourth-order valence-corrected chi connectivity index (χ4v) is 2.36. The molecule has 0 unspecified atom stereocenters. The average Bonchev–Trinajstić information content (AvgIpc) is 2.87. The standard InChI is InChI=1S/C15H10BrNO3/c16-10-4-3-7-13-9(10)8-14(20-13)15(19)17-11-5-1-2-6-12(11)18/h1-8,18H,(H,17,19). The summed E-state index contributed by atoms with van der Waals surface area (Å²) in [5, 5.41) is 13.1. The Labute approximate surface area is 123 Å². The number of fused-ring (bicyclic) bond motifs is 1. The van der Waals surface area contributed by atoms with Crippen LogP contribution in [0.1, 0.15) is 10.6 Å². The molecule has 3 rings (SSSR count). The molecule has 5 heteroatoms. The molecule has 0 radical (unpaired) electrons. The van der Waals surface area contributed by atoms with Gasteiger partial charge in [0.2, 0.25) is 0 Å². The molecule has 1 heterocycles. The van der Waals surface area contributed by atoms with Crippen LogP contribution >= 0.6 is 15.9 Å². The molecule has 0 atom stereocenters. The van der Waals surface area contributed by atoms with E-state index in [4.69, 9.17) is 4.42 Å². The topological polar surface area (TPSA) is 62.5 Å². The van der Waals surface area contributed by atoms with E-state index >= 15 is 0 Å². The van der Waals surface area contributed by atoms with Gasteiger partial charge in [0.1, 0.15) is 11.3 Å². The molecule has 1 amide bonds. The second kappa shape index (κ2) is 5.02. The number of rotatable bonds is 2. The Morgan fingerprint density at radius 3 is 2.70 bits per heavy atom. The zero-order chi connectivity index (χ0) is 14.1.